The van der Waals surface area contributed by atoms with Crippen LogP contribution in [-0.2, 0) is 25.5 Å². The van der Waals surface area contributed by atoms with Crippen molar-refractivity contribution in [3.05, 3.63) is 59.7 Å². The predicted octanol–water partition coefficient (Wildman–Crippen LogP) is 4.21. The maximum absolute atomic E-state index is 12.2. The predicted molar refractivity (Wildman–Crippen MR) is 111 cm³/mol. The van der Waals surface area contributed by atoms with E-state index in [0.29, 0.717) is 30.8 Å². The van der Waals surface area contributed by atoms with Gasteiger partial charge in [0.05, 0.1) is 24.5 Å². The number of ether oxygens (including phenoxy) is 1. The first-order valence-corrected chi connectivity index (χ1v) is 10.9. The molecule has 0 aliphatic rings. The van der Waals surface area contributed by atoms with E-state index in [9.17, 15) is 13.2 Å². The number of aryl methyl sites for hydroxylation is 1. The van der Waals surface area contributed by atoms with Gasteiger partial charge in [0, 0.05) is 0 Å². The first-order chi connectivity index (χ1) is 13.6. The van der Waals surface area contributed by atoms with Crippen LogP contribution in [0.3, 0.4) is 0 Å². The third kappa shape index (κ3) is 7.87. The second kappa shape index (κ2) is 9.89. The van der Waals surface area contributed by atoms with E-state index in [1.807, 2.05) is 20.8 Å². The number of benzene rings is 2. The summed E-state index contributed by atoms with van der Waals surface area (Å²) in [6.45, 7) is 6.48. The number of hydrogen-bond acceptors (Lipinski definition) is 5. The Labute approximate surface area is 172 Å². The number of hydrogen-bond donors (Lipinski definition) is 1. The molecule has 6 nitrogen and oxygen atoms in total. The third-order valence-corrected chi connectivity index (χ3v) is 5.95. The van der Waals surface area contributed by atoms with Crippen LogP contribution in [0.2, 0.25) is 0 Å². The van der Waals surface area contributed by atoms with Crippen LogP contribution < -0.4 is 4.74 Å². The van der Waals surface area contributed by atoms with Crippen molar-refractivity contribution in [2.75, 3.05) is 13.2 Å². The Morgan fingerprint density at radius 2 is 1.69 bits per heavy atom. The molecule has 0 unspecified atom stereocenters. The van der Waals surface area contributed by atoms with Gasteiger partial charge in [-0.05, 0) is 55.0 Å². The molecule has 0 saturated carbocycles. The lowest BCUT2D eigenvalue weighted by atomic mass is 9.86. The smallest absolute Gasteiger partial charge is 0.307 e. The summed E-state index contributed by atoms with van der Waals surface area (Å²) in [6, 6.07) is 13.6. The van der Waals surface area contributed by atoms with Crippen molar-refractivity contribution in [1.29, 1.82) is 0 Å². The summed E-state index contributed by atoms with van der Waals surface area (Å²) in [6.07, 6.45) is 1.21. The lowest BCUT2D eigenvalue weighted by Gasteiger charge is -2.24. The fourth-order valence-corrected chi connectivity index (χ4v) is 3.60. The second-order valence-corrected chi connectivity index (χ2v) is 9.44. The highest BCUT2D eigenvalue weighted by molar-refractivity contribution is 7.86. The van der Waals surface area contributed by atoms with Crippen LogP contribution in [-0.4, -0.2) is 32.7 Å². The minimum Gasteiger partial charge on any atom is -0.494 e. The zero-order chi connectivity index (χ0) is 21.5. The molecule has 0 bridgehead atoms. The van der Waals surface area contributed by atoms with Gasteiger partial charge in [-0.2, -0.15) is 8.42 Å². The van der Waals surface area contributed by atoms with E-state index in [0.717, 1.165) is 5.56 Å². The molecule has 2 aromatic rings. The van der Waals surface area contributed by atoms with Crippen LogP contribution in [0.1, 0.15) is 37.8 Å². The van der Waals surface area contributed by atoms with E-state index in [-0.39, 0.29) is 23.3 Å². The van der Waals surface area contributed by atoms with Crippen LogP contribution in [0.4, 0.5) is 0 Å². The molecule has 0 heterocycles. The molecule has 2 aromatic carbocycles. The maximum atomic E-state index is 12.2. The number of carboxylic acid groups (broad SMARTS) is 1. The van der Waals surface area contributed by atoms with Gasteiger partial charge < -0.3 is 9.84 Å². The molecule has 7 heteroatoms. The Kier molecular flexibility index (Phi) is 7.81. The van der Waals surface area contributed by atoms with Gasteiger partial charge in [-0.3, -0.25) is 8.98 Å². The van der Waals surface area contributed by atoms with E-state index in [4.69, 9.17) is 14.0 Å². The van der Waals surface area contributed by atoms with Gasteiger partial charge in [0.25, 0.3) is 10.1 Å². The van der Waals surface area contributed by atoms with Gasteiger partial charge >= 0.3 is 5.97 Å². The monoisotopic (exact) mass is 420 g/mol. The highest BCUT2D eigenvalue weighted by Crippen LogP contribution is 2.26. The van der Waals surface area contributed by atoms with Crippen molar-refractivity contribution in [3.8, 4) is 5.75 Å². The number of rotatable bonds is 11. The van der Waals surface area contributed by atoms with Crippen LogP contribution in [0.5, 0.6) is 5.75 Å². The molecule has 0 atom stereocenters. The molecule has 0 aromatic heterocycles. The van der Waals surface area contributed by atoms with Gasteiger partial charge in [0.1, 0.15) is 5.75 Å². The van der Waals surface area contributed by atoms with Crippen molar-refractivity contribution < 1.29 is 27.2 Å². The van der Waals surface area contributed by atoms with E-state index in [1.165, 1.54) is 0 Å². The van der Waals surface area contributed by atoms with Crippen molar-refractivity contribution in [1.82, 2.24) is 0 Å². The normalized spacial score (nSPS) is 12.0. The molecule has 2 rings (SSSR count). The SMILES string of the molecule is Cc1ccc(S(=O)(=O)OCCC(C)(C)CCOc2cccc(CC(=O)O)c2)cc1. The van der Waals surface area contributed by atoms with E-state index < -0.39 is 16.1 Å². The Hall–Kier alpha value is -2.38. The van der Waals surface area contributed by atoms with E-state index in [2.05, 4.69) is 0 Å². The van der Waals surface area contributed by atoms with Crippen LogP contribution in [0.15, 0.2) is 53.4 Å². The molecule has 0 aliphatic heterocycles. The highest BCUT2D eigenvalue weighted by Gasteiger charge is 2.21. The Morgan fingerprint density at radius 1 is 1.03 bits per heavy atom. The maximum Gasteiger partial charge on any atom is 0.307 e. The summed E-state index contributed by atoms with van der Waals surface area (Å²) in [5, 5.41) is 8.87. The summed E-state index contributed by atoms with van der Waals surface area (Å²) in [5.74, 6) is -0.262. The van der Waals surface area contributed by atoms with Gasteiger partial charge in [-0.25, -0.2) is 0 Å². The zero-order valence-corrected chi connectivity index (χ0v) is 17.9. The quantitative estimate of drug-likeness (QED) is 0.548. The first kappa shape index (κ1) is 22.9. The zero-order valence-electron chi connectivity index (χ0n) is 17.1. The van der Waals surface area contributed by atoms with Crippen molar-refractivity contribution in [3.63, 3.8) is 0 Å². The van der Waals surface area contributed by atoms with Crippen molar-refractivity contribution >= 4 is 16.1 Å². The number of carboxylic acids is 1. The van der Waals surface area contributed by atoms with E-state index in [1.54, 1.807) is 48.5 Å². The Morgan fingerprint density at radius 3 is 2.34 bits per heavy atom. The van der Waals surface area contributed by atoms with Crippen molar-refractivity contribution in [2.24, 2.45) is 5.41 Å². The fraction of sp³-hybridized carbons (Fsp3) is 0.409. The topological polar surface area (TPSA) is 89.9 Å². The van der Waals surface area contributed by atoms with Gasteiger partial charge in [-0.1, -0.05) is 43.7 Å². The molecule has 0 aliphatic carbocycles. The molecule has 158 valence electrons. The summed E-state index contributed by atoms with van der Waals surface area (Å²) < 4.78 is 35.4. The molecule has 0 amide bonds. The largest absolute Gasteiger partial charge is 0.494 e. The molecule has 0 saturated heterocycles. The molecule has 0 fully saturated rings. The summed E-state index contributed by atoms with van der Waals surface area (Å²) in [4.78, 5) is 11.0. The minimum atomic E-state index is -3.76. The minimum absolute atomic E-state index is 0.0461. The molecule has 29 heavy (non-hydrogen) atoms. The van der Waals surface area contributed by atoms with Crippen molar-refractivity contribution in [2.45, 2.75) is 44.9 Å². The Balaban J connectivity index is 1.80. The first-order valence-electron chi connectivity index (χ1n) is 9.47. The lowest BCUT2D eigenvalue weighted by molar-refractivity contribution is -0.136. The van der Waals surface area contributed by atoms with Gasteiger partial charge in [0.15, 0.2) is 0 Å². The molecule has 1 N–H and O–H groups in total. The standard InChI is InChI=1S/C22H28O6S/c1-17-7-9-20(10-8-17)29(25,26)28-14-12-22(2,3)11-13-27-19-6-4-5-18(15-19)16-21(23)24/h4-10,15H,11-14,16H2,1-3H3,(H,23,24). The van der Waals surface area contributed by atoms with Crippen LogP contribution >= 0.6 is 0 Å². The fourth-order valence-electron chi connectivity index (χ4n) is 2.69. The summed E-state index contributed by atoms with van der Waals surface area (Å²) >= 11 is 0. The third-order valence-electron chi connectivity index (χ3n) is 4.63. The average Bonchev–Trinajstić information content (AvgIpc) is 2.61. The molecule has 0 radical (unpaired) electrons. The molecular formula is C22H28O6S. The lowest BCUT2D eigenvalue weighted by Crippen LogP contribution is -2.19. The van der Waals surface area contributed by atoms with Crippen LogP contribution in [0.25, 0.3) is 0 Å². The summed E-state index contributed by atoms with van der Waals surface area (Å²) in [5.41, 5.74) is 1.49. The number of aliphatic carboxylic acids is 1. The summed E-state index contributed by atoms with van der Waals surface area (Å²) in [7, 11) is -3.76. The molecule has 0 spiro atoms. The van der Waals surface area contributed by atoms with Gasteiger partial charge in [-0.15, -0.1) is 0 Å². The van der Waals surface area contributed by atoms with E-state index >= 15 is 0 Å². The Bertz CT molecular complexity index is 917. The average molecular weight is 421 g/mol. The molecular weight excluding hydrogens is 392 g/mol. The highest BCUT2D eigenvalue weighted by atomic mass is 32.2. The van der Waals surface area contributed by atoms with Crippen LogP contribution in [0, 0.1) is 12.3 Å². The second-order valence-electron chi connectivity index (χ2n) is 7.82. The number of carbonyl (C=O) groups is 1. The van der Waals surface area contributed by atoms with Gasteiger partial charge in [0.2, 0.25) is 0 Å².